The Bertz CT molecular complexity index is 1110. The predicted octanol–water partition coefficient (Wildman–Crippen LogP) is 1.76. The SMILES string of the molecule is O=C(CCSc1ccccc1)NC(=O)COC(=O)Cn1cnc2ccccc2c1=O. The average Bonchev–Trinajstić information content (AvgIpc) is 2.75. The zero-order chi connectivity index (χ0) is 21.3. The molecule has 30 heavy (non-hydrogen) atoms. The molecule has 0 fully saturated rings. The first kappa shape index (κ1) is 21.3. The maximum Gasteiger partial charge on any atom is 0.326 e. The maximum atomic E-state index is 12.3. The molecule has 0 saturated heterocycles. The zero-order valence-electron chi connectivity index (χ0n) is 15.9. The van der Waals surface area contributed by atoms with Crippen molar-refractivity contribution >= 4 is 40.4 Å². The van der Waals surface area contributed by atoms with Gasteiger partial charge < -0.3 is 4.74 Å². The first-order valence-electron chi connectivity index (χ1n) is 9.13. The lowest BCUT2D eigenvalue weighted by molar-refractivity contribution is -0.150. The third-order valence-electron chi connectivity index (χ3n) is 4.02. The van der Waals surface area contributed by atoms with Crippen molar-refractivity contribution in [2.45, 2.75) is 17.9 Å². The fraction of sp³-hybridized carbons (Fsp3) is 0.190. The van der Waals surface area contributed by atoms with E-state index in [0.29, 0.717) is 16.7 Å². The topological polar surface area (TPSA) is 107 Å². The van der Waals surface area contributed by atoms with E-state index in [0.717, 1.165) is 9.46 Å². The lowest BCUT2D eigenvalue weighted by Gasteiger charge is -2.08. The molecule has 3 rings (SSSR count). The third-order valence-corrected chi connectivity index (χ3v) is 5.03. The van der Waals surface area contributed by atoms with Gasteiger partial charge in [-0.2, -0.15) is 0 Å². The summed E-state index contributed by atoms with van der Waals surface area (Å²) in [6.07, 6.45) is 1.40. The molecule has 8 nitrogen and oxygen atoms in total. The summed E-state index contributed by atoms with van der Waals surface area (Å²) in [7, 11) is 0. The summed E-state index contributed by atoms with van der Waals surface area (Å²) < 4.78 is 5.96. The van der Waals surface area contributed by atoms with Crippen LogP contribution in [0.25, 0.3) is 10.9 Å². The Morgan fingerprint density at radius 2 is 1.73 bits per heavy atom. The van der Waals surface area contributed by atoms with Crippen LogP contribution in [0.3, 0.4) is 0 Å². The van der Waals surface area contributed by atoms with E-state index in [2.05, 4.69) is 10.3 Å². The molecule has 0 spiro atoms. The van der Waals surface area contributed by atoms with Gasteiger partial charge >= 0.3 is 5.97 Å². The summed E-state index contributed by atoms with van der Waals surface area (Å²) in [5.41, 5.74) is 0.142. The van der Waals surface area contributed by atoms with Gasteiger partial charge in [0.2, 0.25) is 5.91 Å². The van der Waals surface area contributed by atoms with Crippen LogP contribution in [0.2, 0.25) is 0 Å². The Labute approximate surface area is 176 Å². The highest BCUT2D eigenvalue weighted by molar-refractivity contribution is 7.99. The number of carbonyl (C=O) groups excluding carboxylic acids is 3. The van der Waals surface area contributed by atoms with Crippen molar-refractivity contribution in [1.29, 1.82) is 0 Å². The Morgan fingerprint density at radius 1 is 1.00 bits per heavy atom. The first-order valence-corrected chi connectivity index (χ1v) is 10.1. The monoisotopic (exact) mass is 425 g/mol. The van der Waals surface area contributed by atoms with E-state index in [1.54, 1.807) is 24.3 Å². The molecule has 3 aromatic rings. The van der Waals surface area contributed by atoms with Crippen LogP contribution in [0.5, 0.6) is 0 Å². The van der Waals surface area contributed by atoms with E-state index >= 15 is 0 Å². The van der Waals surface area contributed by atoms with Crippen LogP contribution in [-0.4, -0.2) is 39.7 Å². The number of amides is 2. The molecule has 0 aliphatic rings. The second kappa shape index (κ2) is 10.4. The summed E-state index contributed by atoms with van der Waals surface area (Å²) in [5, 5.41) is 2.55. The standard InChI is InChI=1S/C21H19N3O5S/c25-18(10-11-30-15-6-2-1-3-7-15)23-19(26)13-29-20(27)12-24-14-22-17-9-5-4-8-16(17)21(24)28/h1-9,14H,10-13H2,(H,23,25,26). The molecule has 0 unspecified atom stereocenters. The van der Waals surface area contributed by atoms with E-state index in [-0.39, 0.29) is 18.5 Å². The van der Waals surface area contributed by atoms with Crippen LogP contribution < -0.4 is 10.9 Å². The number of para-hydroxylation sites is 1. The predicted molar refractivity (Wildman–Crippen MR) is 112 cm³/mol. The van der Waals surface area contributed by atoms with Gasteiger partial charge in [-0.1, -0.05) is 30.3 Å². The van der Waals surface area contributed by atoms with Gasteiger partial charge in [-0.15, -0.1) is 11.8 Å². The highest BCUT2D eigenvalue weighted by Crippen LogP contribution is 2.17. The van der Waals surface area contributed by atoms with Crippen LogP contribution in [0.15, 0.2) is 70.6 Å². The minimum atomic E-state index is -0.781. The Balaban J connectivity index is 1.41. The van der Waals surface area contributed by atoms with Crippen molar-refractivity contribution in [2.75, 3.05) is 12.4 Å². The molecular formula is C21H19N3O5S. The number of nitrogens with one attached hydrogen (secondary N) is 1. The number of fused-ring (bicyclic) bond motifs is 1. The van der Waals surface area contributed by atoms with Crippen LogP contribution in [0, 0.1) is 0 Å². The summed E-state index contributed by atoms with van der Waals surface area (Å²) in [5.74, 6) is -1.44. The van der Waals surface area contributed by atoms with Crippen molar-refractivity contribution in [3.8, 4) is 0 Å². The molecule has 1 aromatic heterocycles. The van der Waals surface area contributed by atoms with Crippen molar-refractivity contribution in [2.24, 2.45) is 0 Å². The average molecular weight is 425 g/mol. The van der Waals surface area contributed by atoms with E-state index in [1.165, 1.54) is 18.1 Å². The molecule has 2 aromatic carbocycles. The van der Waals surface area contributed by atoms with Crippen molar-refractivity contribution in [3.05, 3.63) is 71.3 Å². The molecule has 0 bridgehead atoms. The number of ether oxygens (including phenoxy) is 1. The molecule has 1 heterocycles. The second-order valence-electron chi connectivity index (χ2n) is 6.24. The van der Waals surface area contributed by atoms with Gasteiger partial charge in [0.05, 0.1) is 17.2 Å². The second-order valence-corrected chi connectivity index (χ2v) is 7.41. The van der Waals surface area contributed by atoms with Gasteiger partial charge in [-0.3, -0.25) is 29.1 Å². The van der Waals surface area contributed by atoms with Crippen molar-refractivity contribution in [3.63, 3.8) is 0 Å². The zero-order valence-corrected chi connectivity index (χ0v) is 16.8. The molecule has 0 radical (unpaired) electrons. The molecular weight excluding hydrogens is 406 g/mol. The number of hydrogen-bond acceptors (Lipinski definition) is 7. The highest BCUT2D eigenvalue weighted by atomic mass is 32.2. The van der Waals surface area contributed by atoms with Crippen LogP contribution >= 0.6 is 11.8 Å². The lowest BCUT2D eigenvalue weighted by atomic mass is 10.2. The molecule has 9 heteroatoms. The first-order chi connectivity index (χ1) is 14.5. The van der Waals surface area contributed by atoms with Gasteiger partial charge in [0.15, 0.2) is 6.61 Å². The van der Waals surface area contributed by atoms with Crippen molar-refractivity contribution < 1.29 is 19.1 Å². The number of esters is 1. The normalized spacial score (nSPS) is 10.5. The van der Waals surface area contributed by atoms with E-state index in [1.807, 2.05) is 30.3 Å². The van der Waals surface area contributed by atoms with E-state index < -0.39 is 24.4 Å². The quantitative estimate of drug-likeness (QED) is 0.433. The third kappa shape index (κ3) is 6.02. The van der Waals surface area contributed by atoms with E-state index in [4.69, 9.17) is 4.74 Å². The maximum absolute atomic E-state index is 12.3. The number of thioether (sulfide) groups is 1. The Morgan fingerprint density at radius 3 is 2.53 bits per heavy atom. The van der Waals surface area contributed by atoms with Crippen LogP contribution in [0.1, 0.15) is 6.42 Å². The van der Waals surface area contributed by atoms with Crippen molar-refractivity contribution in [1.82, 2.24) is 14.9 Å². The Hall–Kier alpha value is -3.46. The molecule has 1 N–H and O–H groups in total. The Kier molecular flexibility index (Phi) is 7.34. The number of rotatable bonds is 8. The van der Waals surface area contributed by atoms with Crippen LogP contribution in [-0.2, 0) is 25.7 Å². The van der Waals surface area contributed by atoms with Gasteiger partial charge in [0.25, 0.3) is 11.5 Å². The summed E-state index contributed by atoms with van der Waals surface area (Å²) in [6, 6.07) is 16.4. The molecule has 0 aliphatic heterocycles. The van der Waals surface area contributed by atoms with Crippen LogP contribution in [0.4, 0.5) is 0 Å². The molecule has 0 saturated carbocycles. The fourth-order valence-electron chi connectivity index (χ4n) is 2.58. The minimum Gasteiger partial charge on any atom is -0.454 e. The summed E-state index contributed by atoms with van der Waals surface area (Å²) in [4.78, 5) is 53.0. The largest absolute Gasteiger partial charge is 0.454 e. The number of benzene rings is 2. The lowest BCUT2D eigenvalue weighted by Crippen LogP contribution is -2.35. The molecule has 0 aliphatic carbocycles. The summed E-state index contributed by atoms with van der Waals surface area (Å²) >= 11 is 1.50. The number of hydrogen-bond donors (Lipinski definition) is 1. The molecule has 154 valence electrons. The number of carbonyl (C=O) groups is 3. The van der Waals surface area contributed by atoms with Gasteiger partial charge in [-0.05, 0) is 24.3 Å². The highest BCUT2D eigenvalue weighted by Gasteiger charge is 2.13. The smallest absolute Gasteiger partial charge is 0.326 e. The number of aromatic nitrogens is 2. The van der Waals surface area contributed by atoms with E-state index in [9.17, 15) is 19.2 Å². The van der Waals surface area contributed by atoms with Gasteiger partial charge in [0, 0.05) is 17.1 Å². The molecule has 2 amide bonds. The minimum absolute atomic E-state index is 0.150. The summed E-state index contributed by atoms with van der Waals surface area (Å²) in [6.45, 7) is -0.988. The molecule has 0 atom stereocenters. The van der Waals surface area contributed by atoms with Gasteiger partial charge in [-0.25, -0.2) is 4.98 Å². The number of imide groups is 1. The van der Waals surface area contributed by atoms with Gasteiger partial charge in [0.1, 0.15) is 6.54 Å². The number of nitrogens with zero attached hydrogens (tertiary/aromatic N) is 2. The fourth-order valence-corrected chi connectivity index (χ4v) is 3.45.